The van der Waals surface area contributed by atoms with Crippen LogP contribution >= 0.6 is 0 Å². The van der Waals surface area contributed by atoms with E-state index in [2.05, 4.69) is 22.6 Å². The van der Waals surface area contributed by atoms with Gasteiger partial charge in [-0.15, -0.1) is 0 Å². The van der Waals surface area contributed by atoms with Gasteiger partial charge in [-0.05, 0) is 13.8 Å². The monoisotopic (exact) mass is 514 g/mol. The quantitative estimate of drug-likeness (QED) is 0.0902. The van der Waals surface area contributed by atoms with Crippen molar-refractivity contribution < 1.29 is 54.5 Å². The molecule has 0 atom stereocenters. The second-order valence-electron chi connectivity index (χ2n) is 5.58. The Morgan fingerprint density at radius 1 is 0.677 bits per heavy atom. The fourth-order valence-electron chi connectivity index (χ4n) is 1.16. The third kappa shape index (κ3) is 29.4. The first-order valence-electron chi connectivity index (χ1n) is 8.33. The predicted molar refractivity (Wildman–Crippen MR) is 108 cm³/mol. The third-order valence-electron chi connectivity index (χ3n) is 2.57. The molecule has 0 amide bonds. The Kier molecular flexibility index (Phi) is 21.4. The first kappa shape index (κ1) is 35.0. The molecule has 0 fully saturated rings. The molecule has 0 heterocycles. The van der Waals surface area contributed by atoms with E-state index in [0.29, 0.717) is 0 Å². The van der Waals surface area contributed by atoms with Crippen molar-refractivity contribution >= 4 is 69.9 Å². The van der Waals surface area contributed by atoms with E-state index in [1.165, 1.54) is 13.8 Å². The van der Waals surface area contributed by atoms with E-state index in [1.807, 2.05) is 0 Å². The maximum atomic E-state index is 10.8. The van der Waals surface area contributed by atoms with Crippen molar-refractivity contribution in [2.24, 2.45) is 0 Å². The number of hydrogen-bond donors (Lipinski definition) is 0. The van der Waals surface area contributed by atoms with E-state index >= 15 is 0 Å². The van der Waals surface area contributed by atoms with Gasteiger partial charge >= 0.3 is 49.7 Å². The Hall–Kier alpha value is -0.580. The van der Waals surface area contributed by atoms with Crippen molar-refractivity contribution in [2.75, 3.05) is 51.1 Å². The van der Waals surface area contributed by atoms with Gasteiger partial charge in [0, 0.05) is 11.1 Å². The van der Waals surface area contributed by atoms with Crippen LogP contribution in [-0.2, 0) is 48.8 Å². The zero-order valence-electron chi connectivity index (χ0n) is 17.5. The molecule has 0 radical (unpaired) electrons. The first-order valence-corrected chi connectivity index (χ1v) is 11.5. The van der Waals surface area contributed by atoms with Gasteiger partial charge in [0.1, 0.15) is 13.2 Å². The smallest absolute Gasteiger partial charge is 0.748 e. The van der Waals surface area contributed by atoms with Gasteiger partial charge in [-0.3, -0.25) is 0 Å². The zero-order valence-corrected chi connectivity index (χ0v) is 21.3. The van der Waals surface area contributed by atoms with E-state index in [1.54, 1.807) is 0 Å². The Labute approximate surface area is 212 Å². The molecule has 0 spiro atoms. The molecule has 0 aliphatic rings. The van der Waals surface area contributed by atoms with Gasteiger partial charge in [0.25, 0.3) is 0 Å². The summed E-state index contributed by atoms with van der Waals surface area (Å²) in [5.74, 6) is -2.23. The fourth-order valence-corrected chi connectivity index (χ4v) is 1.80. The minimum absolute atomic E-state index is 0. The molecule has 0 aromatic rings. The van der Waals surface area contributed by atoms with Gasteiger partial charge in [0.2, 0.25) is 0 Å². The maximum Gasteiger partial charge on any atom is 2.00 e. The minimum Gasteiger partial charge on any atom is -0.748 e. The largest absolute Gasteiger partial charge is 2.00 e. The van der Waals surface area contributed by atoms with Crippen LogP contribution in [0.15, 0.2) is 24.3 Å². The van der Waals surface area contributed by atoms with E-state index < -0.39 is 43.7 Å². The van der Waals surface area contributed by atoms with Crippen LogP contribution in [0, 0.1) is 0 Å². The molecule has 0 N–H and O–H groups in total. The van der Waals surface area contributed by atoms with Gasteiger partial charge in [0.05, 0.1) is 58.2 Å². The predicted octanol–water partition coefficient (Wildman–Crippen LogP) is -1.05. The number of carbonyl (C=O) groups is 2. The van der Waals surface area contributed by atoms with Crippen LogP contribution in [0.2, 0.25) is 0 Å². The molecule has 0 aliphatic carbocycles. The molecule has 0 saturated heterocycles. The van der Waals surface area contributed by atoms with E-state index in [0.717, 1.165) is 0 Å². The Balaban J connectivity index is -0.000000490. The molecule has 0 rings (SSSR count). The SMILES string of the molecule is C=C(C)C(=O)OCCOCCS(=O)(=O)[O-].C=C(C)C(=O)OCCOCCS(=O)(=O)[O-].[Ca+2]. The van der Waals surface area contributed by atoms with E-state index in [4.69, 9.17) is 9.47 Å². The summed E-state index contributed by atoms with van der Waals surface area (Å²) in [6, 6.07) is 0. The summed E-state index contributed by atoms with van der Waals surface area (Å²) >= 11 is 0. The van der Waals surface area contributed by atoms with Crippen LogP contribution in [0.25, 0.3) is 0 Å². The van der Waals surface area contributed by atoms with Gasteiger partial charge in [0.15, 0.2) is 0 Å². The van der Waals surface area contributed by atoms with Gasteiger partial charge in [-0.2, -0.15) is 0 Å². The topological polar surface area (TPSA) is 185 Å². The Morgan fingerprint density at radius 3 is 1.19 bits per heavy atom. The Bertz CT molecular complexity index is 708. The molecule has 176 valence electrons. The molecule has 31 heavy (non-hydrogen) atoms. The van der Waals surface area contributed by atoms with Crippen LogP contribution in [0.3, 0.4) is 0 Å². The van der Waals surface area contributed by atoms with Gasteiger partial charge in [-0.1, -0.05) is 13.2 Å². The average Bonchev–Trinajstić information content (AvgIpc) is 2.59. The van der Waals surface area contributed by atoms with Crippen LogP contribution in [0.4, 0.5) is 0 Å². The van der Waals surface area contributed by atoms with Crippen molar-refractivity contribution in [3.63, 3.8) is 0 Å². The summed E-state index contributed by atoms with van der Waals surface area (Å²) in [5, 5.41) is 0. The minimum atomic E-state index is -4.24. The van der Waals surface area contributed by atoms with Crippen LogP contribution in [-0.4, -0.2) is 127 Å². The third-order valence-corrected chi connectivity index (χ3v) is 3.91. The molecule has 0 unspecified atom stereocenters. The first-order chi connectivity index (χ1) is 13.7. The van der Waals surface area contributed by atoms with Crippen LogP contribution < -0.4 is 0 Å². The molecule has 0 aromatic heterocycles. The second kappa shape index (κ2) is 18.9. The van der Waals surface area contributed by atoms with Crippen molar-refractivity contribution in [1.29, 1.82) is 0 Å². The molecule has 0 aliphatic heterocycles. The van der Waals surface area contributed by atoms with E-state index in [-0.39, 0.29) is 88.5 Å². The summed E-state index contributed by atoms with van der Waals surface area (Å²) in [7, 11) is -8.48. The number of ether oxygens (including phenoxy) is 4. The van der Waals surface area contributed by atoms with Crippen molar-refractivity contribution in [3.8, 4) is 0 Å². The average molecular weight is 515 g/mol. The van der Waals surface area contributed by atoms with Crippen LogP contribution in [0.1, 0.15) is 13.8 Å². The van der Waals surface area contributed by atoms with Crippen molar-refractivity contribution in [1.82, 2.24) is 0 Å². The molecular formula is C16H26CaO12S2. The standard InChI is InChI=1S/2C8H14O6S.Ca/c2*1-7(2)8(9)14-4-3-13-5-6-15(10,11)12;/h2*1,3-6H2,2H3,(H,10,11,12);/q;;+2/p-2. The number of rotatable bonds is 14. The molecule has 15 heteroatoms. The summed E-state index contributed by atoms with van der Waals surface area (Å²) in [4.78, 5) is 21.6. The maximum absolute atomic E-state index is 10.8. The van der Waals surface area contributed by atoms with Gasteiger partial charge < -0.3 is 28.1 Å². The van der Waals surface area contributed by atoms with Crippen LogP contribution in [0.5, 0.6) is 0 Å². The molecule has 0 bridgehead atoms. The Morgan fingerprint density at radius 2 is 0.968 bits per heavy atom. The summed E-state index contributed by atoms with van der Waals surface area (Å²) < 4.78 is 79.6. The molecule has 0 aromatic carbocycles. The number of carbonyl (C=O) groups excluding carboxylic acids is 2. The van der Waals surface area contributed by atoms with Crippen molar-refractivity contribution in [3.05, 3.63) is 24.3 Å². The number of esters is 2. The molecule has 0 saturated carbocycles. The zero-order chi connectivity index (χ0) is 23.8. The molecular weight excluding hydrogens is 488 g/mol. The normalized spacial score (nSPS) is 10.7. The van der Waals surface area contributed by atoms with Crippen molar-refractivity contribution in [2.45, 2.75) is 13.8 Å². The number of hydrogen-bond acceptors (Lipinski definition) is 12. The second-order valence-corrected chi connectivity index (χ2v) is 8.63. The fraction of sp³-hybridized carbons (Fsp3) is 0.625. The molecule has 12 nitrogen and oxygen atoms in total. The summed E-state index contributed by atoms with van der Waals surface area (Å²) in [6.07, 6.45) is 0. The van der Waals surface area contributed by atoms with E-state index in [9.17, 15) is 35.5 Å². The van der Waals surface area contributed by atoms with Gasteiger partial charge in [-0.25, -0.2) is 26.4 Å². The summed E-state index contributed by atoms with van der Waals surface area (Å²) in [5.41, 5.74) is 0.550. The summed E-state index contributed by atoms with van der Waals surface area (Å²) in [6.45, 7) is 9.46.